The van der Waals surface area contributed by atoms with Crippen LogP contribution in [0.1, 0.15) is 5.56 Å². The molecule has 0 heterocycles. The summed E-state index contributed by atoms with van der Waals surface area (Å²) < 4.78 is 0. The fourth-order valence-corrected chi connectivity index (χ4v) is 2.81. The van der Waals surface area contributed by atoms with Gasteiger partial charge < -0.3 is 4.90 Å². The first kappa shape index (κ1) is 13.0. The molecule has 0 radical (unpaired) electrons. The van der Waals surface area contributed by atoms with Crippen molar-refractivity contribution in [1.82, 2.24) is 0 Å². The molecule has 0 aliphatic heterocycles. The van der Waals surface area contributed by atoms with Gasteiger partial charge in [-0.15, -0.1) is 0 Å². The van der Waals surface area contributed by atoms with Crippen LogP contribution in [0.3, 0.4) is 0 Å². The van der Waals surface area contributed by atoms with Crippen molar-refractivity contribution in [1.29, 1.82) is 0 Å². The first-order chi connectivity index (χ1) is 9.75. The van der Waals surface area contributed by atoms with Crippen LogP contribution >= 0.6 is 11.6 Å². The van der Waals surface area contributed by atoms with Crippen molar-refractivity contribution in [3.63, 3.8) is 0 Å². The van der Waals surface area contributed by atoms with Crippen LogP contribution in [0.4, 0.5) is 5.69 Å². The topological polar surface area (TPSA) is 3.24 Å². The van der Waals surface area contributed by atoms with Crippen LogP contribution in [-0.4, -0.2) is 7.05 Å². The lowest BCUT2D eigenvalue weighted by Crippen LogP contribution is -2.16. The minimum atomic E-state index is 0.787. The second-order valence-corrected chi connectivity index (χ2v) is 5.35. The average molecular weight is 282 g/mol. The van der Waals surface area contributed by atoms with Crippen LogP contribution in [0.2, 0.25) is 5.02 Å². The Morgan fingerprint density at radius 2 is 1.55 bits per heavy atom. The summed E-state index contributed by atoms with van der Waals surface area (Å²) >= 11 is 6.26. The van der Waals surface area contributed by atoms with Crippen LogP contribution in [0.5, 0.6) is 0 Å². The van der Waals surface area contributed by atoms with Crippen LogP contribution < -0.4 is 4.90 Å². The molecule has 0 N–H and O–H groups in total. The number of rotatable bonds is 3. The fraction of sp³-hybridized carbons (Fsp3) is 0.111. The Morgan fingerprint density at radius 3 is 2.40 bits per heavy atom. The van der Waals surface area contributed by atoms with Gasteiger partial charge in [0, 0.05) is 13.6 Å². The largest absolute Gasteiger partial charge is 0.369 e. The number of benzene rings is 3. The molecule has 2 heteroatoms. The quantitative estimate of drug-likeness (QED) is 0.643. The fourth-order valence-electron chi connectivity index (χ4n) is 2.53. The maximum Gasteiger partial charge on any atom is 0.0639 e. The highest BCUT2D eigenvalue weighted by molar-refractivity contribution is 6.33. The van der Waals surface area contributed by atoms with E-state index in [9.17, 15) is 0 Å². The van der Waals surface area contributed by atoms with E-state index in [1.807, 2.05) is 24.3 Å². The predicted molar refractivity (Wildman–Crippen MR) is 87.5 cm³/mol. The Labute approximate surface area is 124 Å². The Morgan fingerprint density at radius 1 is 0.850 bits per heavy atom. The molecule has 0 amide bonds. The van der Waals surface area contributed by atoms with E-state index in [1.54, 1.807) is 0 Å². The maximum atomic E-state index is 6.26. The summed E-state index contributed by atoms with van der Waals surface area (Å²) in [6, 6.07) is 22.9. The van der Waals surface area contributed by atoms with Gasteiger partial charge in [0.05, 0.1) is 10.7 Å². The third-order valence-electron chi connectivity index (χ3n) is 3.55. The molecule has 0 saturated carbocycles. The number of hydrogen-bond acceptors (Lipinski definition) is 1. The summed E-state index contributed by atoms with van der Waals surface area (Å²) in [5.74, 6) is 0. The van der Waals surface area contributed by atoms with E-state index >= 15 is 0 Å². The van der Waals surface area contributed by atoms with Gasteiger partial charge >= 0.3 is 0 Å². The van der Waals surface area contributed by atoms with Crippen LogP contribution in [0.15, 0.2) is 66.7 Å². The first-order valence-corrected chi connectivity index (χ1v) is 7.06. The Balaban J connectivity index is 1.96. The van der Waals surface area contributed by atoms with Crippen LogP contribution in [0.25, 0.3) is 10.8 Å². The molecule has 0 fully saturated rings. The number of fused-ring (bicyclic) bond motifs is 1. The highest BCUT2D eigenvalue weighted by atomic mass is 35.5. The minimum absolute atomic E-state index is 0.787. The standard InChI is InChI=1S/C18H16ClN/c1-20(18-12-5-4-11-17(18)19)13-15-9-6-8-14-7-2-3-10-16(14)15/h2-12H,13H2,1H3. The van der Waals surface area contributed by atoms with E-state index < -0.39 is 0 Å². The normalized spacial score (nSPS) is 10.7. The number of anilines is 1. The van der Waals surface area contributed by atoms with E-state index in [0.717, 1.165) is 17.3 Å². The van der Waals surface area contributed by atoms with Gasteiger partial charge in [0.25, 0.3) is 0 Å². The van der Waals surface area contributed by atoms with Crippen molar-refractivity contribution >= 4 is 28.1 Å². The molecule has 3 aromatic rings. The molecule has 0 bridgehead atoms. The molecular weight excluding hydrogens is 266 g/mol. The molecule has 0 unspecified atom stereocenters. The van der Waals surface area contributed by atoms with E-state index in [2.05, 4.69) is 54.4 Å². The van der Waals surface area contributed by atoms with E-state index in [4.69, 9.17) is 11.6 Å². The highest BCUT2D eigenvalue weighted by Gasteiger charge is 2.07. The summed E-state index contributed by atoms with van der Waals surface area (Å²) in [5, 5.41) is 3.36. The molecule has 1 nitrogen and oxygen atoms in total. The van der Waals surface area contributed by atoms with Crippen molar-refractivity contribution in [3.8, 4) is 0 Å². The Kier molecular flexibility index (Phi) is 3.62. The van der Waals surface area contributed by atoms with Gasteiger partial charge in [-0.25, -0.2) is 0 Å². The van der Waals surface area contributed by atoms with Gasteiger partial charge in [-0.1, -0.05) is 66.2 Å². The number of hydrogen-bond donors (Lipinski definition) is 0. The van der Waals surface area contributed by atoms with Gasteiger partial charge in [0.15, 0.2) is 0 Å². The van der Waals surface area contributed by atoms with Gasteiger partial charge in [-0.3, -0.25) is 0 Å². The smallest absolute Gasteiger partial charge is 0.0639 e. The predicted octanol–water partition coefficient (Wildman–Crippen LogP) is 5.13. The molecule has 0 saturated heterocycles. The van der Waals surface area contributed by atoms with E-state index in [-0.39, 0.29) is 0 Å². The van der Waals surface area contributed by atoms with Crippen molar-refractivity contribution in [3.05, 3.63) is 77.3 Å². The molecule has 0 atom stereocenters. The molecule has 20 heavy (non-hydrogen) atoms. The van der Waals surface area contributed by atoms with Gasteiger partial charge in [0.1, 0.15) is 0 Å². The van der Waals surface area contributed by atoms with Crippen molar-refractivity contribution < 1.29 is 0 Å². The molecule has 0 spiro atoms. The summed E-state index contributed by atoms with van der Waals surface area (Å²) in [6.45, 7) is 0.838. The van der Waals surface area contributed by atoms with Crippen molar-refractivity contribution in [2.75, 3.05) is 11.9 Å². The van der Waals surface area contributed by atoms with Crippen molar-refractivity contribution in [2.24, 2.45) is 0 Å². The molecule has 0 aromatic heterocycles. The second-order valence-electron chi connectivity index (χ2n) is 4.95. The lowest BCUT2D eigenvalue weighted by atomic mass is 10.0. The molecule has 100 valence electrons. The molecular formula is C18H16ClN. The monoisotopic (exact) mass is 281 g/mol. The van der Waals surface area contributed by atoms with Gasteiger partial charge in [-0.05, 0) is 28.5 Å². The summed E-state index contributed by atoms with van der Waals surface area (Å²) in [5.41, 5.74) is 2.37. The zero-order valence-corrected chi connectivity index (χ0v) is 12.1. The molecule has 0 aliphatic carbocycles. The number of halogens is 1. The SMILES string of the molecule is CN(Cc1cccc2ccccc12)c1ccccc1Cl. The second kappa shape index (κ2) is 5.56. The van der Waals surface area contributed by atoms with Gasteiger partial charge in [0.2, 0.25) is 0 Å². The van der Waals surface area contributed by atoms with E-state index in [0.29, 0.717) is 0 Å². The first-order valence-electron chi connectivity index (χ1n) is 6.68. The zero-order valence-electron chi connectivity index (χ0n) is 11.4. The Hall–Kier alpha value is -1.99. The highest BCUT2D eigenvalue weighted by Crippen LogP contribution is 2.27. The number of nitrogens with zero attached hydrogens (tertiary/aromatic N) is 1. The van der Waals surface area contributed by atoms with E-state index in [1.165, 1.54) is 16.3 Å². The van der Waals surface area contributed by atoms with Crippen LogP contribution in [0, 0.1) is 0 Å². The Bertz CT molecular complexity index is 731. The van der Waals surface area contributed by atoms with Crippen LogP contribution in [-0.2, 0) is 6.54 Å². The minimum Gasteiger partial charge on any atom is -0.369 e. The molecule has 0 aliphatic rings. The number of para-hydroxylation sites is 1. The van der Waals surface area contributed by atoms with Crippen molar-refractivity contribution in [2.45, 2.75) is 6.54 Å². The summed E-state index contributed by atoms with van der Waals surface area (Å²) in [6.07, 6.45) is 0. The zero-order chi connectivity index (χ0) is 13.9. The lowest BCUT2D eigenvalue weighted by molar-refractivity contribution is 0.931. The summed E-state index contributed by atoms with van der Waals surface area (Å²) in [4.78, 5) is 2.18. The average Bonchev–Trinajstić information content (AvgIpc) is 2.48. The maximum absolute atomic E-state index is 6.26. The third-order valence-corrected chi connectivity index (χ3v) is 3.87. The molecule has 3 rings (SSSR count). The lowest BCUT2D eigenvalue weighted by Gasteiger charge is -2.21. The van der Waals surface area contributed by atoms with Gasteiger partial charge in [-0.2, -0.15) is 0 Å². The summed E-state index contributed by atoms with van der Waals surface area (Å²) in [7, 11) is 2.07. The third kappa shape index (κ3) is 2.50. The molecule has 3 aromatic carbocycles.